The number of carbonyl (C=O) groups excluding carboxylic acids is 3. The molecule has 3 amide bonds. The van der Waals surface area contributed by atoms with Crippen LogP contribution in [0.25, 0.3) is 0 Å². The second-order valence-corrected chi connectivity index (χ2v) is 8.99. The minimum atomic E-state index is -1.36. The van der Waals surface area contributed by atoms with Crippen LogP contribution in [0.1, 0.15) is 5.56 Å². The second-order valence-electron chi connectivity index (χ2n) is 7.82. The van der Waals surface area contributed by atoms with Gasteiger partial charge in [0.2, 0.25) is 16.7 Å². The van der Waals surface area contributed by atoms with Crippen LogP contribution in [-0.4, -0.2) is 37.1 Å². The molecule has 3 aromatic rings. The van der Waals surface area contributed by atoms with E-state index in [1.807, 2.05) is 0 Å². The van der Waals surface area contributed by atoms with Gasteiger partial charge >= 0.3 is 0 Å². The molecule has 0 unspecified atom stereocenters. The van der Waals surface area contributed by atoms with Crippen LogP contribution in [0.5, 0.6) is 5.75 Å². The molecule has 3 aromatic carbocycles. The van der Waals surface area contributed by atoms with Crippen LogP contribution >= 0.6 is 11.8 Å². The Hall–Kier alpha value is -3.85. The summed E-state index contributed by atoms with van der Waals surface area (Å²) in [5.74, 6) is -0.723. The van der Waals surface area contributed by atoms with Crippen molar-refractivity contribution < 1.29 is 23.5 Å². The lowest BCUT2D eigenvalue weighted by Gasteiger charge is -2.33. The highest BCUT2D eigenvalue weighted by molar-refractivity contribution is 8.02. The summed E-state index contributed by atoms with van der Waals surface area (Å²) < 4.78 is 18.7. The summed E-state index contributed by atoms with van der Waals surface area (Å²) in [7, 11) is 1.56. The maximum absolute atomic E-state index is 13.9. The molecule has 1 saturated heterocycles. The standard InChI is InChI=1S/C25H20FN3O4S/c1-33-19-12-8-17(9-13-19)27-22(30)14-28-21-5-3-2-4-20(21)25(24(28)32)29(23(31)15-34-25)18-10-6-16(26)7-11-18/h2-13H,14-15H2,1H3,(H,27,30)/t25-/m0/s1. The van der Waals surface area contributed by atoms with Gasteiger partial charge in [-0.05, 0) is 54.6 Å². The summed E-state index contributed by atoms with van der Waals surface area (Å²) in [6.07, 6.45) is 0. The molecule has 0 aromatic heterocycles. The summed E-state index contributed by atoms with van der Waals surface area (Å²) in [5.41, 5.74) is 2.17. The normalized spacial score (nSPS) is 19.0. The van der Waals surface area contributed by atoms with Crippen molar-refractivity contribution in [2.24, 2.45) is 0 Å². The van der Waals surface area contributed by atoms with E-state index >= 15 is 0 Å². The quantitative estimate of drug-likeness (QED) is 0.606. The first-order chi connectivity index (χ1) is 16.4. The Kier molecular flexibility index (Phi) is 5.49. The Morgan fingerprint density at radius 3 is 2.47 bits per heavy atom. The summed E-state index contributed by atoms with van der Waals surface area (Å²) >= 11 is 1.20. The third-order valence-corrected chi connectivity index (χ3v) is 7.21. The first-order valence-electron chi connectivity index (χ1n) is 10.5. The maximum Gasteiger partial charge on any atom is 0.269 e. The van der Waals surface area contributed by atoms with Crippen molar-refractivity contribution in [3.63, 3.8) is 0 Å². The predicted octanol–water partition coefficient (Wildman–Crippen LogP) is 3.75. The Morgan fingerprint density at radius 1 is 1.06 bits per heavy atom. The van der Waals surface area contributed by atoms with Crippen LogP contribution in [0.15, 0.2) is 72.8 Å². The van der Waals surface area contributed by atoms with Crippen LogP contribution < -0.4 is 19.9 Å². The van der Waals surface area contributed by atoms with Gasteiger partial charge in [-0.3, -0.25) is 24.2 Å². The third kappa shape index (κ3) is 3.49. The first kappa shape index (κ1) is 22.0. The fourth-order valence-electron chi connectivity index (χ4n) is 4.32. The Morgan fingerprint density at radius 2 is 1.76 bits per heavy atom. The van der Waals surface area contributed by atoms with Gasteiger partial charge in [0.15, 0.2) is 0 Å². The molecule has 0 radical (unpaired) electrons. The van der Waals surface area contributed by atoms with Crippen LogP contribution in [0.2, 0.25) is 0 Å². The summed E-state index contributed by atoms with van der Waals surface area (Å²) in [4.78, 5) is 41.2. The lowest BCUT2D eigenvalue weighted by molar-refractivity contribution is -0.124. The van der Waals surface area contributed by atoms with Crippen molar-refractivity contribution in [1.82, 2.24) is 0 Å². The highest BCUT2D eigenvalue weighted by Crippen LogP contribution is 2.55. The van der Waals surface area contributed by atoms with E-state index in [0.717, 1.165) is 0 Å². The topological polar surface area (TPSA) is 79.0 Å². The third-order valence-electron chi connectivity index (χ3n) is 5.82. The maximum atomic E-state index is 13.9. The van der Waals surface area contributed by atoms with Gasteiger partial charge in [0.1, 0.15) is 18.1 Å². The van der Waals surface area contributed by atoms with E-state index in [1.165, 1.54) is 45.8 Å². The monoisotopic (exact) mass is 477 g/mol. The van der Waals surface area contributed by atoms with Crippen molar-refractivity contribution in [2.45, 2.75) is 4.87 Å². The Balaban J connectivity index is 1.48. The number of thioether (sulfide) groups is 1. The molecule has 34 heavy (non-hydrogen) atoms. The molecular formula is C25H20FN3O4S. The number of benzene rings is 3. The number of nitrogens with one attached hydrogen (secondary N) is 1. The van der Waals surface area contributed by atoms with Gasteiger partial charge in [0.25, 0.3) is 5.91 Å². The van der Waals surface area contributed by atoms with E-state index in [-0.39, 0.29) is 24.1 Å². The number of carbonyl (C=O) groups is 3. The number of para-hydroxylation sites is 1. The number of rotatable bonds is 5. The molecule has 0 aliphatic carbocycles. The molecule has 0 bridgehead atoms. The van der Waals surface area contributed by atoms with Crippen molar-refractivity contribution in [3.8, 4) is 5.75 Å². The summed E-state index contributed by atoms with van der Waals surface area (Å²) in [6, 6.07) is 19.5. The summed E-state index contributed by atoms with van der Waals surface area (Å²) in [5, 5.41) is 2.79. The number of methoxy groups -OCH3 is 1. The number of nitrogens with zero attached hydrogens (tertiary/aromatic N) is 2. The SMILES string of the molecule is COc1ccc(NC(=O)CN2C(=O)[C@@]3(SCC(=O)N3c3ccc(F)cc3)c3ccccc32)cc1. The van der Waals surface area contributed by atoms with Crippen LogP contribution in [0, 0.1) is 5.82 Å². The van der Waals surface area contributed by atoms with Gasteiger partial charge in [0.05, 0.1) is 18.6 Å². The Labute approximate surface area is 199 Å². The Bertz CT molecular complexity index is 1280. The van der Waals surface area contributed by atoms with Crippen molar-refractivity contribution in [3.05, 3.63) is 84.2 Å². The number of hydrogen-bond acceptors (Lipinski definition) is 5. The molecule has 1 atom stereocenters. The average molecular weight is 478 g/mol. The molecule has 5 rings (SSSR count). The van der Waals surface area contributed by atoms with Gasteiger partial charge in [0, 0.05) is 16.9 Å². The average Bonchev–Trinajstić information content (AvgIpc) is 3.31. The second kappa shape index (κ2) is 8.49. The van der Waals surface area contributed by atoms with Gasteiger partial charge in [-0.1, -0.05) is 18.2 Å². The molecule has 0 saturated carbocycles. The van der Waals surface area contributed by atoms with Crippen LogP contribution in [0.4, 0.5) is 21.5 Å². The smallest absolute Gasteiger partial charge is 0.269 e. The van der Waals surface area contributed by atoms with E-state index in [4.69, 9.17) is 4.74 Å². The molecule has 7 nitrogen and oxygen atoms in total. The van der Waals surface area contributed by atoms with Gasteiger partial charge < -0.3 is 10.1 Å². The van der Waals surface area contributed by atoms with Gasteiger partial charge in [-0.25, -0.2) is 4.39 Å². The molecule has 2 aliphatic rings. The fourth-order valence-corrected chi connectivity index (χ4v) is 5.68. The number of hydrogen-bond donors (Lipinski definition) is 1. The molecule has 9 heteroatoms. The van der Waals surface area contributed by atoms with Gasteiger partial charge in [-0.15, -0.1) is 11.8 Å². The zero-order valence-electron chi connectivity index (χ0n) is 18.2. The first-order valence-corrected chi connectivity index (χ1v) is 11.5. The minimum absolute atomic E-state index is 0.0866. The largest absolute Gasteiger partial charge is 0.497 e. The van der Waals surface area contributed by atoms with Crippen LogP contribution in [0.3, 0.4) is 0 Å². The predicted molar refractivity (Wildman–Crippen MR) is 128 cm³/mol. The number of anilines is 3. The van der Waals surface area contributed by atoms with Crippen molar-refractivity contribution in [1.29, 1.82) is 0 Å². The minimum Gasteiger partial charge on any atom is -0.497 e. The highest BCUT2D eigenvalue weighted by atomic mass is 32.2. The number of halogens is 1. The number of amides is 3. The highest BCUT2D eigenvalue weighted by Gasteiger charge is 2.61. The van der Waals surface area contributed by atoms with E-state index in [0.29, 0.717) is 28.4 Å². The fraction of sp³-hybridized carbons (Fsp3) is 0.160. The molecule has 1 fully saturated rings. The van der Waals surface area contributed by atoms with E-state index < -0.39 is 16.6 Å². The van der Waals surface area contributed by atoms with E-state index in [1.54, 1.807) is 55.6 Å². The zero-order chi connectivity index (χ0) is 23.9. The number of ether oxygens (including phenoxy) is 1. The van der Waals surface area contributed by atoms with E-state index in [9.17, 15) is 18.8 Å². The van der Waals surface area contributed by atoms with E-state index in [2.05, 4.69) is 5.32 Å². The molecule has 172 valence electrons. The molecule has 1 spiro atoms. The summed E-state index contributed by atoms with van der Waals surface area (Å²) in [6.45, 7) is -0.227. The van der Waals surface area contributed by atoms with Crippen molar-refractivity contribution >= 4 is 46.5 Å². The zero-order valence-corrected chi connectivity index (χ0v) is 19.0. The lowest BCUT2D eigenvalue weighted by atomic mass is 10.0. The number of fused-ring (bicyclic) bond motifs is 2. The molecule has 2 heterocycles. The molecule has 1 N–H and O–H groups in total. The lowest BCUT2D eigenvalue weighted by Crippen LogP contribution is -2.50. The van der Waals surface area contributed by atoms with Gasteiger partial charge in [-0.2, -0.15) is 0 Å². The van der Waals surface area contributed by atoms with Crippen LogP contribution in [-0.2, 0) is 19.3 Å². The van der Waals surface area contributed by atoms with Crippen molar-refractivity contribution in [2.75, 3.05) is 34.5 Å². The molecule has 2 aliphatic heterocycles. The molecular weight excluding hydrogens is 457 g/mol.